The third kappa shape index (κ3) is 4.60. The Balaban J connectivity index is 1.62. The number of aromatic nitrogens is 2. The standard InChI is InChI=1S/C22H26ClN5O3S/c1-26(2)32(30,31)18-7-8-20(27-10-4-3-5-11-27)19(12-18)22(29)24-13-17-15-28-14-16(23)6-9-21(28)25-17/h6-9,12,14-15H,3-5,10-11,13H2,1-2H3,(H,24,29). The van der Waals surface area contributed by atoms with Crippen molar-refractivity contribution in [2.24, 2.45) is 0 Å². The topological polar surface area (TPSA) is 87.0 Å². The molecule has 3 heterocycles. The highest BCUT2D eigenvalue weighted by Gasteiger charge is 2.24. The average Bonchev–Trinajstić information content (AvgIpc) is 3.19. The van der Waals surface area contributed by atoms with Gasteiger partial charge in [-0.3, -0.25) is 4.79 Å². The second kappa shape index (κ2) is 9.09. The van der Waals surface area contributed by atoms with Crippen LogP contribution in [0.4, 0.5) is 5.69 Å². The second-order valence-electron chi connectivity index (χ2n) is 8.04. The van der Waals surface area contributed by atoms with E-state index in [9.17, 15) is 13.2 Å². The molecule has 2 aromatic heterocycles. The van der Waals surface area contributed by atoms with Gasteiger partial charge in [-0.25, -0.2) is 17.7 Å². The number of benzene rings is 1. The molecule has 8 nitrogen and oxygen atoms in total. The lowest BCUT2D eigenvalue weighted by Crippen LogP contribution is -2.33. The normalized spacial score (nSPS) is 14.8. The smallest absolute Gasteiger partial charge is 0.253 e. The number of halogens is 1. The van der Waals surface area contributed by atoms with Gasteiger partial charge in [0.25, 0.3) is 5.91 Å². The van der Waals surface area contributed by atoms with Gasteiger partial charge in [-0.2, -0.15) is 0 Å². The number of amides is 1. The van der Waals surface area contributed by atoms with E-state index in [2.05, 4.69) is 15.2 Å². The lowest BCUT2D eigenvalue weighted by molar-refractivity contribution is 0.0950. The molecule has 1 saturated heterocycles. The van der Waals surface area contributed by atoms with Gasteiger partial charge >= 0.3 is 0 Å². The van der Waals surface area contributed by atoms with E-state index in [4.69, 9.17) is 11.6 Å². The van der Waals surface area contributed by atoms with Crippen LogP contribution in [0.1, 0.15) is 35.3 Å². The van der Waals surface area contributed by atoms with Crippen LogP contribution in [0.2, 0.25) is 5.02 Å². The van der Waals surface area contributed by atoms with Crippen LogP contribution in [0.3, 0.4) is 0 Å². The second-order valence-corrected chi connectivity index (χ2v) is 10.6. The fraction of sp³-hybridized carbons (Fsp3) is 0.364. The number of piperidine rings is 1. The first-order valence-electron chi connectivity index (χ1n) is 10.5. The van der Waals surface area contributed by atoms with Gasteiger partial charge in [0.1, 0.15) is 5.65 Å². The Labute approximate surface area is 192 Å². The van der Waals surface area contributed by atoms with Crippen molar-refractivity contribution < 1.29 is 13.2 Å². The van der Waals surface area contributed by atoms with Crippen molar-refractivity contribution >= 4 is 38.9 Å². The van der Waals surface area contributed by atoms with Gasteiger partial charge in [-0.1, -0.05) is 11.6 Å². The predicted molar refractivity (Wildman–Crippen MR) is 125 cm³/mol. The Kier molecular flexibility index (Phi) is 6.41. The summed E-state index contributed by atoms with van der Waals surface area (Å²) in [5.41, 5.74) is 2.51. The van der Waals surface area contributed by atoms with E-state index in [1.165, 1.54) is 20.2 Å². The molecule has 1 aromatic carbocycles. The number of sulfonamides is 1. The quantitative estimate of drug-likeness (QED) is 0.591. The SMILES string of the molecule is CN(C)S(=O)(=O)c1ccc(N2CCCCC2)c(C(=O)NCc2cn3cc(Cl)ccc3n2)c1. The maximum atomic E-state index is 13.2. The number of carbonyl (C=O) groups is 1. The molecule has 1 amide bonds. The van der Waals surface area contributed by atoms with E-state index in [0.29, 0.717) is 16.3 Å². The van der Waals surface area contributed by atoms with Crippen LogP contribution >= 0.6 is 11.6 Å². The van der Waals surface area contributed by atoms with Crippen molar-refractivity contribution in [2.45, 2.75) is 30.7 Å². The average molecular weight is 476 g/mol. The van der Waals surface area contributed by atoms with Crippen LogP contribution in [-0.2, 0) is 16.6 Å². The van der Waals surface area contributed by atoms with Crippen molar-refractivity contribution in [2.75, 3.05) is 32.1 Å². The fourth-order valence-corrected chi connectivity index (χ4v) is 4.94. The highest BCUT2D eigenvalue weighted by atomic mass is 35.5. The van der Waals surface area contributed by atoms with Gasteiger partial charge in [-0.15, -0.1) is 0 Å². The van der Waals surface area contributed by atoms with Gasteiger partial charge in [0.05, 0.1) is 27.7 Å². The molecule has 0 bridgehead atoms. The third-order valence-corrected chi connectivity index (χ3v) is 7.62. The summed E-state index contributed by atoms with van der Waals surface area (Å²) in [5, 5.41) is 3.49. The van der Waals surface area contributed by atoms with Crippen LogP contribution in [0.25, 0.3) is 5.65 Å². The van der Waals surface area contributed by atoms with E-state index in [-0.39, 0.29) is 17.3 Å². The van der Waals surface area contributed by atoms with Crippen molar-refractivity contribution in [1.82, 2.24) is 19.0 Å². The number of nitrogens with one attached hydrogen (secondary N) is 1. The first kappa shape index (κ1) is 22.6. The summed E-state index contributed by atoms with van der Waals surface area (Å²) in [6.07, 6.45) is 6.80. The molecule has 3 aromatic rings. The Morgan fingerprint density at radius 3 is 2.59 bits per heavy atom. The summed E-state index contributed by atoms with van der Waals surface area (Å²) >= 11 is 6.02. The first-order chi connectivity index (χ1) is 15.3. The molecular formula is C22H26ClN5O3S. The summed E-state index contributed by atoms with van der Waals surface area (Å²) in [4.78, 5) is 19.9. The largest absolute Gasteiger partial charge is 0.371 e. The molecule has 0 aliphatic carbocycles. The number of imidazole rings is 1. The predicted octanol–water partition coefficient (Wildman–Crippen LogP) is 3.16. The van der Waals surface area contributed by atoms with Crippen molar-refractivity contribution in [3.05, 3.63) is 59.0 Å². The van der Waals surface area contributed by atoms with Crippen LogP contribution in [0.15, 0.2) is 47.6 Å². The summed E-state index contributed by atoms with van der Waals surface area (Å²) < 4.78 is 28.3. The Morgan fingerprint density at radius 2 is 1.88 bits per heavy atom. The molecular weight excluding hydrogens is 450 g/mol. The molecule has 1 aliphatic heterocycles. The molecule has 4 rings (SSSR count). The maximum Gasteiger partial charge on any atom is 0.253 e. The van der Waals surface area contributed by atoms with E-state index >= 15 is 0 Å². The van der Waals surface area contributed by atoms with Gasteiger partial charge in [0.2, 0.25) is 10.0 Å². The molecule has 1 aliphatic rings. The van der Waals surface area contributed by atoms with Gasteiger partial charge in [0, 0.05) is 45.3 Å². The molecule has 0 radical (unpaired) electrons. The number of anilines is 1. The van der Waals surface area contributed by atoms with Crippen LogP contribution in [0.5, 0.6) is 0 Å². The summed E-state index contributed by atoms with van der Waals surface area (Å²) in [6.45, 7) is 1.89. The number of pyridine rings is 1. The number of nitrogens with zero attached hydrogens (tertiary/aromatic N) is 4. The number of hydrogen-bond acceptors (Lipinski definition) is 5. The molecule has 170 valence electrons. The number of carbonyl (C=O) groups excluding carboxylic acids is 1. The summed E-state index contributed by atoms with van der Waals surface area (Å²) in [7, 11) is -0.711. The van der Waals surface area contributed by atoms with E-state index in [1.54, 1.807) is 41.1 Å². The zero-order chi connectivity index (χ0) is 22.9. The highest BCUT2D eigenvalue weighted by Crippen LogP contribution is 2.28. The highest BCUT2D eigenvalue weighted by molar-refractivity contribution is 7.89. The van der Waals surface area contributed by atoms with E-state index in [1.807, 2.05) is 0 Å². The first-order valence-corrected chi connectivity index (χ1v) is 12.3. The monoisotopic (exact) mass is 475 g/mol. The lowest BCUT2D eigenvalue weighted by Gasteiger charge is -2.30. The molecule has 0 unspecified atom stereocenters. The van der Waals surface area contributed by atoms with E-state index in [0.717, 1.165) is 48.0 Å². The van der Waals surface area contributed by atoms with Crippen LogP contribution < -0.4 is 10.2 Å². The molecule has 0 atom stereocenters. The minimum absolute atomic E-state index is 0.0933. The van der Waals surface area contributed by atoms with Gasteiger partial charge < -0.3 is 14.6 Å². The molecule has 0 spiro atoms. The molecule has 1 fully saturated rings. The Morgan fingerprint density at radius 1 is 1.12 bits per heavy atom. The molecule has 0 saturated carbocycles. The lowest BCUT2D eigenvalue weighted by atomic mass is 10.1. The summed E-state index contributed by atoms with van der Waals surface area (Å²) in [6, 6.07) is 8.34. The number of rotatable bonds is 6. The van der Waals surface area contributed by atoms with Gasteiger partial charge in [-0.05, 0) is 49.6 Å². The summed E-state index contributed by atoms with van der Waals surface area (Å²) in [5.74, 6) is -0.337. The minimum atomic E-state index is -3.66. The third-order valence-electron chi connectivity index (χ3n) is 5.58. The van der Waals surface area contributed by atoms with Crippen LogP contribution in [0, 0.1) is 0 Å². The molecule has 32 heavy (non-hydrogen) atoms. The number of fused-ring (bicyclic) bond motifs is 1. The molecule has 1 N–H and O–H groups in total. The van der Waals surface area contributed by atoms with Gasteiger partial charge in [0.15, 0.2) is 0 Å². The van der Waals surface area contributed by atoms with Crippen molar-refractivity contribution in [1.29, 1.82) is 0 Å². The van der Waals surface area contributed by atoms with E-state index < -0.39 is 10.0 Å². The zero-order valence-electron chi connectivity index (χ0n) is 18.1. The van der Waals surface area contributed by atoms with Crippen LogP contribution in [-0.4, -0.2) is 55.2 Å². The maximum absolute atomic E-state index is 13.2. The Hall–Kier alpha value is -2.62. The minimum Gasteiger partial charge on any atom is -0.371 e. The zero-order valence-corrected chi connectivity index (χ0v) is 19.7. The number of hydrogen-bond donors (Lipinski definition) is 1. The van der Waals surface area contributed by atoms with Crippen molar-refractivity contribution in [3.8, 4) is 0 Å². The van der Waals surface area contributed by atoms with Crippen molar-refractivity contribution in [3.63, 3.8) is 0 Å². The fourth-order valence-electron chi connectivity index (χ4n) is 3.85. The Bertz CT molecular complexity index is 1250. The molecule has 10 heteroatoms.